The predicted octanol–water partition coefficient (Wildman–Crippen LogP) is 0.787. The van der Waals surface area contributed by atoms with Crippen LogP contribution in [0.2, 0.25) is 5.02 Å². The highest BCUT2D eigenvalue weighted by atomic mass is 35.5. The second kappa shape index (κ2) is 6.98. The molecule has 0 radical (unpaired) electrons. The minimum atomic E-state index is -3.29. The Hall–Kier alpha value is -1.97. The Labute approximate surface area is 156 Å². The molecule has 1 aliphatic rings. The molecule has 2 aromatic rings. The number of hydrogen-bond acceptors (Lipinski definition) is 5. The minimum Gasteiger partial charge on any atom is -0.334 e. The molecule has 0 unspecified atom stereocenters. The summed E-state index contributed by atoms with van der Waals surface area (Å²) in [5.41, 5.74) is -0.0301. The number of carbonyl (C=O) groups excluding carboxylic acids is 1. The van der Waals surface area contributed by atoms with E-state index in [2.05, 4.69) is 5.10 Å². The topological polar surface area (TPSA) is 92.6 Å². The molecule has 1 amide bonds. The third kappa shape index (κ3) is 3.46. The standard InChI is InChI=1S/C16H19ClN4O4S/c1-3-21-13-5-4-11(17)10-12(13)15(22)14(18-21)16(23)19-6-8-20(9-7-19)26(2,24)25/h4-5,10H,3,6-9H2,1-2H3. The fourth-order valence-electron chi connectivity index (χ4n) is 3.02. The summed E-state index contributed by atoms with van der Waals surface area (Å²) < 4.78 is 26.1. The molecule has 3 rings (SSSR count). The Balaban J connectivity index is 1.97. The number of benzene rings is 1. The molecule has 0 atom stereocenters. The smallest absolute Gasteiger partial charge is 0.278 e. The number of sulfonamides is 1. The number of aromatic nitrogens is 2. The highest BCUT2D eigenvalue weighted by Crippen LogP contribution is 2.17. The molecule has 0 bridgehead atoms. The number of rotatable bonds is 3. The van der Waals surface area contributed by atoms with Crippen molar-refractivity contribution in [3.8, 4) is 0 Å². The van der Waals surface area contributed by atoms with Crippen LogP contribution in [0.25, 0.3) is 10.9 Å². The average Bonchev–Trinajstić information content (AvgIpc) is 2.61. The van der Waals surface area contributed by atoms with E-state index in [0.29, 0.717) is 22.5 Å². The lowest BCUT2D eigenvalue weighted by atomic mass is 10.2. The van der Waals surface area contributed by atoms with E-state index >= 15 is 0 Å². The van der Waals surface area contributed by atoms with Crippen LogP contribution in [-0.4, -0.2) is 65.7 Å². The highest BCUT2D eigenvalue weighted by molar-refractivity contribution is 7.88. The second-order valence-corrected chi connectivity index (χ2v) is 8.53. The number of hydrogen-bond donors (Lipinski definition) is 0. The molecular formula is C16H19ClN4O4S. The Morgan fingerprint density at radius 2 is 1.88 bits per heavy atom. The molecule has 140 valence electrons. The molecule has 8 nitrogen and oxygen atoms in total. The summed E-state index contributed by atoms with van der Waals surface area (Å²) in [6.45, 7) is 3.18. The van der Waals surface area contributed by atoms with Gasteiger partial charge in [-0.25, -0.2) is 8.42 Å². The van der Waals surface area contributed by atoms with E-state index in [1.165, 1.54) is 15.3 Å². The molecule has 1 aromatic carbocycles. The van der Waals surface area contributed by atoms with E-state index in [1.807, 2.05) is 6.92 Å². The summed E-state index contributed by atoms with van der Waals surface area (Å²) in [6.07, 6.45) is 1.14. The Bertz CT molecular complexity index is 1030. The fraction of sp³-hybridized carbons (Fsp3) is 0.438. The van der Waals surface area contributed by atoms with Gasteiger partial charge in [-0.05, 0) is 25.1 Å². The van der Waals surface area contributed by atoms with Crippen molar-refractivity contribution in [1.82, 2.24) is 19.0 Å². The van der Waals surface area contributed by atoms with Crippen LogP contribution in [-0.2, 0) is 16.6 Å². The minimum absolute atomic E-state index is 0.172. The lowest BCUT2D eigenvalue weighted by Crippen LogP contribution is -2.51. The summed E-state index contributed by atoms with van der Waals surface area (Å²) in [6, 6.07) is 4.91. The van der Waals surface area contributed by atoms with Gasteiger partial charge in [0.25, 0.3) is 5.91 Å². The fourth-order valence-corrected chi connectivity index (χ4v) is 4.02. The maximum Gasteiger partial charge on any atom is 0.278 e. The van der Waals surface area contributed by atoms with Gasteiger partial charge in [-0.2, -0.15) is 9.40 Å². The molecule has 10 heteroatoms. The monoisotopic (exact) mass is 398 g/mol. The Morgan fingerprint density at radius 3 is 2.46 bits per heavy atom. The van der Waals surface area contributed by atoms with Crippen molar-refractivity contribution in [2.45, 2.75) is 13.5 Å². The van der Waals surface area contributed by atoms with Crippen molar-refractivity contribution in [1.29, 1.82) is 0 Å². The zero-order chi connectivity index (χ0) is 19.1. The molecule has 2 heterocycles. The number of nitrogens with zero attached hydrogens (tertiary/aromatic N) is 4. The van der Waals surface area contributed by atoms with Gasteiger partial charge >= 0.3 is 0 Å². The van der Waals surface area contributed by atoms with Gasteiger partial charge in [-0.1, -0.05) is 11.6 Å². The van der Waals surface area contributed by atoms with Gasteiger partial charge in [0.2, 0.25) is 15.5 Å². The van der Waals surface area contributed by atoms with Crippen molar-refractivity contribution in [3.63, 3.8) is 0 Å². The molecule has 1 aromatic heterocycles. The van der Waals surface area contributed by atoms with Crippen LogP contribution in [0.15, 0.2) is 23.0 Å². The lowest BCUT2D eigenvalue weighted by molar-refractivity contribution is 0.0688. The van der Waals surface area contributed by atoms with Gasteiger partial charge in [0.05, 0.1) is 17.2 Å². The first-order valence-electron chi connectivity index (χ1n) is 8.17. The Morgan fingerprint density at radius 1 is 1.23 bits per heavy atom. The van der Waals surface area contributed by atoms with Crippen LogP contribution < -0.4 is 5.43 Å². The molecule has 1 aliphatic heterocycles. The molecule has 0 spiro atoms. The van der Waals surface area contributed by atoms with Gasteiger partial charge in [0.15, 0.2) is 5.69 Å². The SMILES string of the molecule is CCn1nc(C(=O)N2CCN(S(C)(=O)=O)CC2)c(=O)c2cc(Cl)ccc21. The number of aryl methyl sites for hydroxylation is 1. The van der Waals surface area contributed by atoms with Crippen molar-refractivity contribution in [3.05, 3.63) is 39.1 Å². The summed E-state index contributed by atoms with van der Waals surface area (Å²) in [5.74, 6) is -0.493. The Kier molecular flexibility index (Phi) is 5.05. The second-order valence-electron chi connectivity index (χ2n) is 6.11. The van der Waals surface area contributed by atoms with Gasteiger partial charge in [-0.3, -0.25) is 14.3 Å². The zero-order valence-corrected chi connectivity index (χ0v) is 16.0. The van der Waals surface area contributed by atoms with Crippen LogP contribution in [0.1, 0.15) is 17.4 Å². The normalized spacial score (nSPS) is 16.2. The van der Waals surface area contributed by atoms with Crippen LogP contribution in [0.4, 0.5) is 0 Å². The van der Waals surface area contributed by atoms with Crippen molar-refractivity contribution in [2.24, 2.45) is 0 Å². The summed E-state index contributed by atoms with van der Waals surface area (Å²) in [5, 5.41) is 4.98. The van der Waals surface area contributed by atoms with E-state index in [4.69, 9.17) is 11.6 Å². The average molecular weight is 399 g/mol. The van der Waals surface area contributed by atoms with Gasteiger partial charge < -0.3 is 4.90 Å². The zero-order valence-electron chi connectivity index (χ0n) is 14.5. The molecular weight excluding hydrogens is 380 g/mol. The quantitative estimate of drug-likeness (QED) is 0.762. The predicted molar refractivity (Wildman–Crippen MR) is 99.0 cm³/mol. The number of piperazine rings is 1. The molecule has 0 N–H and O–H groups in total. The van der Waals surface area contributed by atoms with E-state index < -0.39 is 21.4 Å². The molecule has 0 aliphatic carbocycles. The number of amides is 1. The van der Waals surface area contributed by atoms with E-state index in [-0.39, 0.29) is 31.9 Å². The highest BCUT2D eigenvalue weighted by Gasteiger charge is 2.29. The first kappa shape index (κ1) is 18.8. The summed E-state index contributed by atoms with van der Waals surface area (Å²) >= 11 is 6.00. The lowest BCUT2D eigenvalue weighted by Gasteiger charge is -2.33. The molecule has 1 saturated heterocycles. The van der Waals surface area contributed by atoms with Crippen molar-refractivity contribution >= 4 is 38.4 Å². The van der Waals surface area contributed by atoms with Crippen LogP contribution in [0.3, 0.4) is 0 Å². The third-order valence-electron chi connectivity index (χ3n) is 4.41. The van der Waals surface area contributed by atoms with Crippen LogP contribution in [0.5, 0.6) is 0 Å². The van der Waals surface area contributed by atoms with E-state index in [1.54, 1.807) is 16.8 Å². The van der Waals surface area contributed by atoms with Crippen LogP contribution >= 0.6 is 11.6 Å². The largest absolute Gasteiger partial charge is 0.334 e. The maximum atomic E-state index is 12.8. The van der Waals surface area contributed by atoms with Gasteiger partial charge in [-0.15, -0.1) is 0 Å². The molecule has 26 heavy (non-hydrogen) atoms. The van der Waals surface area contributed by atoms with Crippen molar-refractivity contribution in [2.75, 3.05) is 32.4 Å². The van der Waals surface area contributed by atoms with Crippen LogP contribution in [0, 0.1) is 0 Å². The van der Waals surface area contributed by atoms with Gasteiger partial charge in [0, 0.05) is 37.7 Å². The van der Waals surface area contributed by atoms with Crippen molar-refractivity contribution < 1.29 is 13.2 Å². The maximum absolute atomic E-state index is 12.8. The first-order valence-corrected chi connectivity index (χ1v) is 10.4. The number of carbonyl (C=O) groups is 1. The molecule has 0 saturated carbocycles. The summed E-state index contributed by atoms with van der Waals surface area (Å²) in [4.78, 5) is 27.1. The van der Waals surface area contributed by atoms with E-state index in [0.717, 1.165) is 6.26 Å². The van der Waals surface area contributed by atoms with E-state index in [9.17, 15) is 18.0 Å². The third-order valence-corrected chi connectivity index (χ3v) is 5.95. The van der Waals surface area contributed by atoms with Gasteiger partial charge in [0.1, 0.15) is 0 Å². The number of fused-ring (bicyclic) bond motifs is 1. The molecule has 1 fully saturated rings. The first-order chi connectivity index (χ1) is 12.2. The summed E-state index contributed by atoms with van der Waals surface area (Å²) in [7, 11) is -3.29. The number of halogens is 1.